The van der Waals surface area contributed by atoms with E-state index in [1.807, 2.05) is 0 Å². The van der Waals surface area contributed by atoms with E-state index >= 15 is 0 Å². The van der Waals surface area contributed by atoms with Crippen LogP contribution in [0.3, 0.4) is 0 Å². The zero-order valence-electron chi connectivity index (χ0n) is 17.6. The van der Waals surface area contributed by atoms with Gasteiger partial charge in [-0.3, -0.25) is 0 Å². The van der Waals surface area contributed by atoms with E-state index in [0.29, 0.717) is 0 Å². The second-order valence-electron chi connectivity index (χ2n) is 14.9. The summed E-state index contributed by atoms with van der Waals surface area (Å²) in [6, 6.07) is 0. The molecule has 0 radical (unpaired) electrons. The fourth-order valence-corrected chi connectivity index (χ4v) is 15.1. The Kier molecular flexibility index (Phi) is 2.23. The van der Waals surface area contributed by atoms with Crippen molar-refractivity contribution in [3.05, 3.63) is 0 Å². The fraction of sp³-hybridized carbons (Fsp3) is 1.00. The zero-order valence-corrected chi connectivity index (χ0v) is 17.6. The summed E-state index contributed by atoms with van der Waals surface area (Å²) in [4.78, 5) is 0. The quantitative estimate of drug-likeness (QED) is 0.498. The van der Waals surface area contributed by atoms with Gasteiger partial charge < -0.3 is 0 Å². The number of rotatable bonds is 1. The Bertz CT molecular complexity index is 603. The molecule has 0 aliphatic heterocycles. The normalized spacial score (nSPS) is 78.0. The van der Waals surface area contributed by atoms with E-state index < -0.39 is 0 Å². The van der Waals surface area contributed by atoms with Gasteiger partial charge in [0.2, 0.25) is 0 Å². The van der Waals surface area contributed by atoms with Crippen molar-refractivity contribution in [3.63, 3.8) is 0 Å². The van der Waals surface area contributed by atoms with Crippen molar-refractivity contribution in [3.8, 4) is 0 Å². The lowest BCUT2D eigenvalue weighted by Gasteiger charge is -2.80. The third kappa shape index (κ3) is 1.32. The molecule has 14 aliphatic rings. The van der Waals surface area contributed by atoms with Gasteiger partial charge in [-0.25, -0.2) is 0 Å². The van der Waals surface area contributed by atoms with E-state index in [9.17, 15) is 0 Å². The molecule has 0 aromatic heterocycles. The summed E-state index contributed by atoms with van der Waals surface area (Å²) in [5.41, 5.74) is 1.71. The van der Waals surface area contributed by atoms with E-state index in [1.54, 1.807) is 77.0 Å². The molecule has 0 aromatic rings. The molecule has 14 aliphatic carbocycles. The Morgan fingerprint density at radius 2 is 0.500 bits per heavy atom. The lowest BCUT2D eigenvalue weighted by atomic mass is 9.24. The summed E-state index contributed by atoms with van der Waals surface area (Å²) in [6.45, 7) is 0. The molecular formula is C28H38. The Labute approximate surface area is 171 Å². The average molecular weight is 375 g/mol. The van der Waals surface area contributed by atoms with Crippen molar-refractivity contribution in [2.75, 3.05) is 0 Å². The largest absolute Gasteiger partial charge is 0.0470 e. The Hall–Kier alpha value is 0. The van der Waals surface area contributed by atoms with Crippen molar-refractivity contribution in [1.29, 1.82) is 0 Å². The maximum atomic E-state index is 1.74. The first-order chi connectivity index (χ1) is 13.7. The smallest absolute Gasteiger partial charge is 0.0232 e. The molecule has 0 heterocycles. The van der Waals surface area contributed by atoms with Crippen LogP contribution in [0, 0.1) is 93.7 Å². The first-order valence-electron chi connectivity index (χ1n) is 13.7. The van der Waals surface area contributed by atoms with Crippen LogP contribution in [0.2, 0.25) is 0 Å². The van der Waals surface area contributed by atoms with Crippen LogP contribution < -0.4 is 0 Å². The predicted octanol–water partition coefficient (Wildman–Crippen LogP) is 6.40. The van der Waals surface area contributed by atoms with Gasteiger partial charge in [0.25, 0.3) is 0 Å². The molecule has 0 amide bonds. The molecule has 28 heavy (non-hydrogen) atoms. The van der Waals surface area contributed by atoms with Gasteiger partial charge in [0.15, 0.2) is 0 Å². The molecule has 14 saturated carbocycles. The number of hydrogen-bond donors (Lipinski definition) is 0. The van der Waals surface area contributed by atoms with E-state index in [1.165, 1.54) is 82.9 Å². The van der Waals surface area contributed by atoms with Crippen LogP contribution in [0.4, 0.5) is 0 Å². The average Bonchev–Trinajstić information content (AvgIpc) is 2.74. The summed E-state index contributed by atoms with van der Waals surface area (Å²) in [5.74, 6) is 16.9. The summed E-state index contributed by atoms with van der Waals surface area (Å²) in [5, 5.41) is 0. The van der Waals surface area contributed by atoms with Crippen LogP contribution >= 0.6 is 0 Å². The van der Waals surface area contributed by atoms with Crippen molar-refractivity contribution in [2.24, 2.45) is 93.7 Å². The van der Waals surface area contributed by atoms with Gasteiger partial charge in [0.05, 0.1) is 0 Å². The second kappa shape index (κ2) is 4.19. The van der Waals surface area contributed by atoms with Crippen LogP contribution in [-0.4, -0.2) is 0 Å². The standard InChI is InChI=1S/C28H38/c1-13-2-16-21-7-27(8-22(15(1)21)17(3-13)23(16)9-27)28-10-24-18-4-14-5-19(24)26(12-28)20(6-14)25(18)11-28/h13-26H,1-12H2. The van der Waals surface area contributed by atoms with E-state index in [2.05, 4.69) is 0 Å². The van der Waals surface area contributed by atoms with Crippen LogP contribution in [0.25, 0.3) is 0 Å². The van der Waals surface area contributed by atoms with Crippen LogP contribution in [0.1, 0.15) is 77.0 Å². The van der Waals surface area contributed by atoms with E-state index in [-0.39, 0.29) is 0 Å². The van der Waals surface area contributed by atoms with Crippen LogP contribution in [0.15, 0.2) is 0 Å². The minimum Gasteiger partial charge on any atom is -0.0470 e. The van der Waals surface area contributed by atoms with Crippen LogP contribution in [-0.2, 0) is 0 Å². The van der Waals surface area contributed by atoms with Crippen molar-refractivity contribution in [2.45, 2.75) is 77.0 Å². The molecule has 0 N–H and O–H groups in total. The highest BCUT2D eigenvalue weighted by Gasteiger charge is 2.76. The highest BCUT2D eigenvalue weighted by Crippen LogP contribution is 2.84. The molecule has 14 fully saturated rings. The van der Waals surface area contributed by atoms with Crippen molar-refractivity contribution >= 4 is 0 Å². The summed E-state index contributed by atoms with van der Waals surface area (Å²) < 4.78 is 0. The fourth-order valence-electron chi connectivity index (χ4n) is 15.1. The molecule has 150 valence electrons. The van der Waals surface area contributed by atoms with Crippen molar-refractivity contribution < 1.29 is 0 Å². The molecule has 0 aromatic carbocycles. The molecule has 0 nitrogen and oxygen atoms in total. The molecule has 0 heteroatoms. The first kappa shape index (κ1) is 14.9. The van der Waals surface area contributed by atoms with Gasteiger partial charge in [0, 0.05) is 0 Å². The summed E-state index contributed by atoms with van der Waals surface area (Å²) in [6.07, 6.45) is 20.5. The molecule has 0 spiro atoms. The molecular weight excluding hydrogens is 336 g/mol. The van der Waals surface area contributed by atoms with Gasteiger partial charge in [-0.15, -0.1) is 0 Å². The third-order valence-corrected chi connectivity index (χ3v) is 15.1. The maximum Gasteiger partial charge on any atom is -0.0232 e. The number of hydrogen-bond acceptors (Lipinski definition) is 0. The monoisotopic (exact) mass is 374 g/mol. The van der Waals surface area contributed by atoms with Gasteiger partial charge >= 0.3 is 0 Å². The molecule has 0 atom stereocenters. The van der Waals surface area contributed by atoms with Gasteiger partial charge in [-0.1, -0.05) is 0 Å². The minimum absolute atomic E-state index is 0.855. The predicted molar refractivity (Wildman–Crippen MR) is 109 cm³/mol. The zero-order chi connectivity index (χ0) is 17.6. The molecule has 0 unspecified atom stereocenters. The highest BCUT2D eigenvalue weighted by molar-refractivity contribution is 5.25. The second-order valence-corrected chi connectivity index (χ2v) is 14.9. The van der Waals surface area contributed by atoms with Crippen LogP contribution in [0.5, 0.6) is 0 Å². The van der Waals surface area contributed by atoms with Gasteiger partial charge in [0.1, 0.15) is 0 Å². The molecule has 16 bridgehead atoms. The van der Waals surface area contributed by atoms with E-state index in [0.717, 1.165) is 10.8 Å². The SMILES string of the molecule is C1C2CC3C4CC5(C67CC8C9CC%10CC8C(C6)C(C%10)C9C7)CC(C14)C(C2)C3C5. The molecule has 14 rings (SSSR count). The van der Waals surface area contributed by atoms with Gasteiger partial charge in [-0.2, -0.15) is 0 Å². The third-order valence-electron chi connectivity index (χ3n) is 15.1. The first-order valence-corrected chi connectivity index (χ1v) is 13.7. The summed E-state index contributed by atoms with van der Waals surface area (Å²) in [7, 11) is 0. The minimum atomic E-state index is 0.855. The molecule has 0 saturated heterocycles. The van der Waals surface area contributed by atoms with E-state index in [4.69, 9.17) is 0 Å². The van der Waals surface area contributed by atoms with Crippen molar-refractivity contribution in [1.82, 2.24) is 0 Å². The lowest BCUT2D eigenvalue weighted by Crippen LogP contribution is -2.73. The Balaban J connectivity index is 1.11. The summed E-state index contributed by atoms with van der Waals surface area (Å²) >= 11 is 0. The maximum absolute atomic E-state index is 1.74. The Morgan fingerprint density at radius 3 is 0.714 bits per heavy atom. The Morgan fingerprint density at radius 1 is 0.286 bits per heavy atom. The highest BCUT2D eigenvalue weighted by atomic mass is 14.8. The topological polar surface area (TPSA) is 0 Å². The lowest BCUT2D eigenvalue weighted by molar-refractivity contribution is -0.314. The van der Waals surface area contributed by atoms with Gasteiger partial charge in [-0.05, 0) is 171 Å².